The Morgan fingerprint density at radius 2 is 2.00 bits per heavy atom. The first-order chi connectivity index (χ1) is 8.29. The number of benzene rings is 1. The van der Waals surface area contributed by atoms with Crippen molar-refractivity contribution in [1.82, 2.24) is 0 Å². The van der Waals surface area contributed by atoms with E-state index in [0.29, 0.717) is 12.7 Å². The molecule has 0 aliphatic heterocycles. The van der Waals surface area contributed by atoms with Gasteiger partial charge < -0.3 is 14.6 Å². The molecule has 1 aromatic carbocycles. The molecular weight excluding hydrogens is 216 g/mol. The lowest BCUT2D eigenvalue weighted by Gasteiger charge is -2.11. The third-order valence-electron chi connectivity index (χ3n) is 2.92. The molecule has 1 aromatic rings. The van der Waals surface area contributed by atoms with Crippen LogP contribution < -0.4 is 4.74 Å². The van der Waals surface area contributed by atoms with Gasteiger partial charge in [-0.3, -0.25) is 0 Å². The Morgan fingerprint density at radius 3 is 2.59 bits per heavy atom. The number of hydrogen-bond donors (Lipinski definition) is 1. The van der Waals surface area contributed by atoms with Gasteiger partial charge in [-0.2, -0.15) is 0 Å². The molecule has 0 saturated heterocycles. The smallest absolute Gasteiger partial charge is 0.119 e. The van der Waals surface area contributed by atoms with Crippen molar-refractivity contribution in [1.29, 1.82) is 0 Å². The maximum absolute atomic E-state index is 9.94. The Morgan fingerprint density at radius 1 is 1.29 bits per heavy atom. The summed E-state index contributed by atoms with van der Waals surface area (Å²) in [6, 6.07) is 7.75. The molecule has 3 heteroatoms. The normalized spacial score (nSPS) is 16.8. The number of hydrogen-bond acceptors (Lipinski definition) is 3. The molecule has 1 atom stereocenters. The van der Waals surface area contributed by atoms with Gasteiger partial charge in [-0.05, 0) is 43.4 Å². The summed E-state index contributed by atoms with van der Waals surface area (Å²) < 4.78 is 10.6. The van der Waals surface area contributed by atoms with Crippen molar-refractivity contribution in [2.24, 2.45) is 0 Å². The van der Waals surface area contributed by atoms with Crippen LogP contribution in [0.4, 0.5) is 0 Å². The van der Waals surface area contributed by atoms with Gasteiger partial charge in [0.25, 0.3) is 0 Å². The van der Waals surface area contributed by atoms with Crippen molar-refractivity contribution in [3.63, 3.8) is 0 Å². The highest BCUT2D eigenvalue weighted by molar-refractivity contribution is 5.29. The molecule has 3 nitrogen and oxygen atoms in total. The zero-order valence-electron chi connectivity index (χ0n) is 10.3. The molecule has 1 aliphatic carbocycles. The van der Waals surface area contributed by atoms with Crippen LogP contribution in [0, 0.1) is 0 Å². The third-order valence-corrected chi connectivity index (χ3v) is 2.92. The van der Waals surface area contributed by atoms with Crippen LogP contribution in [-0.4, -0.2) is 24.9 Å². The van der Waals surface area contributed by atoms with Crippen LogP contribution in [0.1, 0.15) is 37.4 Å². The molecule has 2 rings (SSSR count). The Kier molecular flexibility index (Phi) is 4.40. The largest absolute Gasteiger partial charge is 0.490 e. The van der Waals surface area contributed by atoms with Gasteiger partial charge in [-0.15, -0.1) is 0 Å². The van der Waals surface area contributed by atoms with E-state index in [1.165, 1.54) is 12.8 Å². The van der Waals surface area contributed by atoms with Crippen LogP contribution in [0.2, 0.25) is 0 Å². The zero-order chi connectivity index (χ0) is 12.1. The summed E-state index contributed by atoms with van der Waals surface area (Å²) in [7, 11) is 1.68. The summed E-state index contributed by atoms with van der Waals surface area (Å²) >= 11 is 0. The number of aliphatic hydroxyl groups is 1. The van der Waals surface area contributed by atoms with E-state index < -0.39 is 6.10 Å². The van der Waals surface area contributed by atoms with Gasteiger partial charge in [0, 0.05) is 13.7 Å². The van der Waals surface area contributed by atoms with Crippen molar-refractivity contribution in [2.45, 2.75) is 37.9 Å². The Bertz CT molecular complexity index is 330. The standard InChI is InChI=1S/C14H20O3/c1-16-10-2-3-14(15)11-4-6-12(7-5-11)17-13-8-9-13/h4-7,13-15H,2-3,8-10H2,1H3. The molecule has 0 bridgehead atoms. The first kappa shape index (κ1) is 12.4. The molecule has 0 aromatic heterocycles. The highest BCUT2D eigenvalue weighted by atomic mass is 16.5. The Hall–Kier alpha value is -1.06. The van der Waals surface area contributed by atoms with Crippen LogP contribution in [0.15, 0.2) is 24.3 Å². The molecule has 0 amide bonds. The maximum Gasteiger partial charge on any atom is 0.119 e. The fraction of sp³-hybridized carbons (Fsp3) is 0.571. The fourth-order valence-electron chi connectivity index (χ4n) is 1.73. The summed E-state index contributed by atoms with van der Waals surface area (Å²) in [4.78, 5) is 0. The predicted molar refractivity (Wildman–Crippen MR) is 66.2 cm³/mol. The van der Waals surface area contributed by atoms with Gasteiger partial charge in [0.05, 0.1) is 12.2 Å². The monoisotopic (exact) mass is 236 g/mol. The van der Waals surface area contributed by atoms with Crippen LogP contribution in [0.3, 0.4) is 0 Å². The summed E-state index contributed by atoms with van der Waals surface area (Å²) in [6.07, 6.45) is 3.96. The lowest BCUT2D eigenvalue weighted by atomic mass is 10.1. The van der Waals surface area contributed by atoms with E-state index in [-0.39, 0.29) is 0 Å². The molecule has 94 valence electrons. The van der Waals surface area contributed by atoms with Crippen LogP contribution >= 0.6 is 0 Å². The van der Waals surface area contributed by atoms with Gasteiger partial charge in [0.2, 0.25) is 0 Å². The molecule has 1 saturated carbocycles. The molecule has 1 fully saturated rings. The van der Waals surface area contributed by atoms with Crippen molar-refractivity contribution < 1.29 is 14.6 Å². The number of rotatable bonds is 7. The van der Waals surface area contributed by atoms with Gasteiger partial charge >= 0.3 is 0 Å². The average molecular weight is 236 g/mol. The number of ether oxygens (including phenoxy) is 2. The van der Waals surface area contributed by atoms with Crippen LogP contribution in [0.5, 0.6) is 5.75 Å². The molecule has 0 radical (unpaired) electrons. The molecule has 1 aliphatic rings. The molecule has 1 unspecified atom stereocenters. The second-order valence-corrected chi connectivity index (χ2v) is 4.54. The minimum Gasteiger partial charge on any atom is -0.490 e. The SMILES string of the molecule is COCCCC(O)c1ccc(OC2CC2)cc1. The molecule has 0 spiro atoms. The summed E-state index contributed by atoms with van der Waals surface area (Å²) in [5.74, 6) is 0.903. The van der Waals surface area contributed by atoms with Gasteiger partial charge in [0.1, 0.15) is 5.75 Å². The minimum atomic E-state index is -0.403. The fourth-order valence-corrected chi connectivity index (χ4v) is 1.73. The number of aliphatic hydroxyl groups excluding tert-OH is 1. The van der Waals surface area contributed by atoms with Gasteiger partial charge in [-0.25, -0.2) is 0 Å². The zero-order valence-corrected chi connectivity index (χ0v) is 10.3. The predicted octanol–water partition coefficient (Wildman–Crippen LogP) is 2.69. The second-order valence-electron chi connectivity index (χ2n) is 4.54. The molecule has 1 N–H and O–H groups in total. The minimum absolute atomic E-state index is 0.403. The first-order valence-electron chi connectivity index (χ1n) is 6.23. The number of methoxy groups -OCH3 is 1. The van der Waals surface area contributed by atoms with Crippen LogP contribution in [0.25, 0.3) is 0 Å². The van der Waals surface area contributed by atoms with E-state index in [9.17, 15) is 5.11 Å². The highest BCUT2D eigenvalue weighted by Crippen LogP contribution is 2.28. The summed E-state index contributed by atoms with van der Waals surface area (Å²) in [5, 5.41) is 9.94. The van der Waals surface area contributed by atoms with E-state index in [1.807, 2.05) is 24.3 Å². The molecular formula is C14H20O3. The topological polar surface area (TPSA) is 38.7 Å². The Balaban J connectivity index is 1.82. The van der Waals surface area contributed by atoms with Gasteiger partial charge in [-0.1, -0.05) is 12.1 Å². The summed E-state index contributed by atoms with van der Waals surface area (Å²) in [6.45, 7) is 0.694. The lowest BCUT2D eigenvalue weighted by Crippen LogP contribution is -2.00. The van der Waals surface area contributed by atoms with Crippen molar-refractivity contribution in [2.75, 3.05) is 13.7 Å². The van der Waals surface area contributed by atoms with E-state index in [0.717, 1.165) is 24.2 Å². The van der Waals surface area contributed by atoms with E-state index in [4.69, 9.17) is 9.47 Å². The van der Waals surface area contributed by atoms with Crippen molar-refractivity contribution in [3.8, 4) is 5.75 Å². The van der Waals surface area contributed by atoms with Gasteiger partial charge in [0.15, 0.2) is 0 Å². The maximum atomic E-state index is 9.94. The van der Waals surface area contributed by atoms with Crippen molar-refractivity contribution in [3.05, 3.63) is 29.8 Å². The second kappa shape index (κ2) is 6.03. The average Bonchev–Trinajstić information content (AvgIpc) is 3.14. The van der Waals surface area contributed by atoms with E-state index in [2.05, 4.69) is 0 Å². The van der Waals surface area contributed by atoms with Crippen LogP contribution in [-0.2, 0) is 4.74 Å². The Labute approximate surface area is 102 Å². The molecule has 17 heavy (non-hydrogen) atoms. The summed E-state index contributed by atoms with van der Waals surface area (Å²) in [5.41, 5.74) is 0.948. The van der Waals surface area contributed by atoms with Crippen molar-refractivity contribution >= 4 is 0 Å². The lowest BCUT2D eigenvalue weighted by molar-refractivity contribution is 0.136. The van der Waals surface area contributed by atoms with E-state index in [1.54, 1.807) is 7.11 Å². The third kappa shape index (κ3) is 4.02. The highest BCUT2D eigenvalue weighted by Gasteiger charge is 2.23. The quantitative estimate of drug-likeness (QED) is 0.740. The molecule has 0 heterocycles. The van der Waals surface area contributed by atoms with E-state index >= 15 is 0 Å². The first-order valence-corrected chi connectivity index (χ1v) is 6.23.